The molecule has 4 heterocycles. The zero-order chi connectivity index (χ0) is 64.5. The number of methoxy groups -OCH3 is 1. The highest BCUT2D eigenvalue weighted by Crippen LogP contribution is 2.32. The lowest BCUT2D eigenvalue weighted by Crippen LogP contribution is -2.64. The number of anilines is 1. The number of phenolic OH excluding ortho intramolecular Hbond substituents is 1. The smallest absolute Gasteiger partial charge is 0.251 e. The quantitative estimate of drug-likeness (QED) is 0.0756. The lowest BCUT2D eigenvalue weighted by Gasteiger charge is -2.41. The lowest BCUT2D eigenvalue weighted by molar-refractivity contribution is -0.147. The summed E-state index contributed by atoms with van der Waals surface area (Å²) in [5.74, 6) is -8.40. The van der Waals surface area contributed by atoms with Crippen molar-refractivity contribution in [1.82, 2.24) is 41.3 Å². The number of nitrogens with two attached hydrogens (primary N) is 1. The van der Waals surface area contributed by atoms with Crippen LogP contribution in [0.15, 0.2) is 91.0 Å². The molecule has 0 aromatic heterocycles. The first-order valence-electron chi connectivity index (χ1n) is 31.2. The van der Waals surface area contributed by atoms with E-state index in [-0.39, 0.29) is 42.1 Å². The zero-order valence-electron chi connectivity index (χ0n) is 51.0. The first-order chi connectivity index (χ1) is 43.1. The van der Waals surface area contributed by atoms with Gasteiger partial charge in [0, 0.05) is 88.3 Å². The molecule has 0 spiro atoms. The molecule has 13 atom stereocenters. The number of amides is 7. The highest BCUT2D eigenvalue weighted by atomic mass is 16.5. The van der Waals surface area contributed by atoms with E-state index in [1.165, 1.54) is 70.0 Å². The van der Waals surface area contributed by atoms with Crippen LogP contribution in [0.1, 0.15) is 81.1 Å². The molecule has 5 aliphatic rings. The number of aliphatic hydroxyl groups is 6. The maximum Gasteiger partial charge on any atom is 0.251 e. The van der Waals surface area contributed by atoms with Crippen molar-refractivity contribution in [1.29, 1.82) is 0 Å². The van der Waals surface area contributed by atoms with Gasteiger partial charge in [-0.3, -0.25) is 38.5 Å². The number of carbonyl (C=O) groups is 7. The largest absolute Gasteiger partial charge is 0.504 e. The molecule has 25 nitrogen and oxygen atoms in total. The predicted octanol–water partition coefficient (Wildman–Crippen LogP) is -0.513. The number of piperazine rings is 1. The minimum Gasteiger partial charge on any atom is -0.504 e. The van der Waals surface area contributed by atoms with Crippen LogP contribution in [0.3, 0.4) is 0 Å². The third kappa shape index (κ3) is 15.7. The van der Waals surface area contributed by atoms with Gasteiger partial charge in [0.15, 0.2) is 11.5 Å². The van der Waals surface area contributed by atoms with E-state index in [1.807, 2.05) is 24.3 Å². The van der Waals surface area contributed by atoms with Crippen molar-refractivity contribution < 1.29 is 74.0 Å². The van der Waals surface area contributed by atoms with Crippen molar-refractivity contribution in [3.63, 3.8) is 0 Å². The number of fused-ring (bicyclic) bond motifs is 2. The molecule has 0 unspecified atom stereocenters. The number of hydrogen-bond donors (Lipinski definition) is 13. The number of carbonyl (C=O) groups excluding carboxylic acids is 7. The van der Waals surface area contributed by atoms with Crippen LogP contribution in [0, 0.1) is 5.92 Å². The Kier molecular flexibility index (Phi) is 22.2. The van der Waals surface area contributed by atoms with Gasteiger partial charge in [-0.25, -0.2) is 0 Å². The van der Waals surface area contributed by atoms with Crippen LogP contribution in [-0.2, 0) is 35.2 Å². The minimum absolute atomic E-state index is 0.00172. The molecule has 486 valence electrons. The summed E-state index contributed by atoms with van der Waals surface area (Å²) in [5, 5.41) is 91.1. The minimum atomic E-state index is -2.01. The average Bonchev–Trinajstić information content (AvgIpc) is 1.67. The fraction of sp³-hybridized carbons (Fsp3) is 0.523. The molecule has 0 bridgehead atoms. The molecule has 1 aliphatic carbocycles. The van der Waals surface area contributed by atoms with Gasteiger partial charge in [-0.1, -0.05) is 80.8 Å². The van der Waals surface area contributed by atoms with E-state index in [9.17, 15) is 69.3 Å². The van der Waals surface area contributed by atoms with E-state index in [1.54, 1.807) is 31.2 Å². The summed E-state index contributed by atoms with van der Waals surface area (Å²) in [7, 11) is 1.28. The van der Waals surface area contributed by atoms with E-state index in [0.29, 0.717) is 6.04 Å². The first-order valence-corrected chi connectivity index (χ1v) is 31.2. The Morgan fingerprint density at radius 2 is 1.27 bits per heavy atom. The van der Waals surface area contributed by atoms with Gasteiger partial charge in [-0.05, 0) is 96.9 Å². The maximum atomic E-state index is 14.7. The monoisotopic (exact) mass is 1250 g/mol. The second-order valence-electron chi connectivity index (χ2n) is 24.6. The Balaban J connectivity index is 0.946. The van der Waals surface area contributed by atoms with Crippen molar-refractivity contribution in [2.24, 2.45) is 11.7 Å². The van der Waals surface area contributed by atoms with Crippen LogP contribution >= 0.6 is 0 Å². The third-order valence-corrected chi connectivity index (χ3v) is 18.2. The molecular formula is C65H86N10O15. The molecule has 25 heteroatoms. The molecule has 5 fully saturated rings. The molecule has 7 amide bonds. The summed E-state index contributed by atoms with van der Waals surface area (Å²) in [6, 6.07) is 17.1. The van der Waals surface area contributed by atoms with Crippen LogP contribution in [0.25, 0.3) is 22.3 Å². The Labute approximate surface area is 522 Å². The Bertz CT molecular complexity index is 3160. The van der Waals surface area contributed by atoms with E-state index >= 15 is 0 Å². The fourth-order valence-electron chi connectivity index (χ4n) is 13.0. The molecule has 90 heavy (non-hydrogen) atoms. The van der Waals surface area contributed by atoms with Gasteiger partial charge in [-0.2, -0.15) is 0 Å². The van der Waals surface area contributed by atoms with E-state index in [4.69, 9.17) is 10.5 Å². The van der Waals surface area contributed by atoms with Gasteiger partial charge in [0.1, 0.15) is 36.3 Å². The third-order valence-electron chi connectivity index (χ3n) is 18.2. The Morgan fingerprint density at radius 3 is 1.88 bits per heavy atom. The van der Waals surface area contributed by atoms with Gasteiger partial charge in [0.2, 0.25) is 35.4 Å². The van der Waals surface area contributed by atoms with E-state index in [2.05, 4.69) is 60.6 Å². The van der Waals surface area contributed by atoms with E-state index in [0.717, 1.165) is 58.2 Å². The van der Waals surface area contributed by atoms with Crippen molar-refractivity contribution in [2.45, 2.75) is 151 Å². The molecule has 4 saturated heterocycles. The molecule has 4 aliphatic heterocycles. The second-order valence-corrected chi connectivity index (χ2v) is 24.6. The van der Waals surface area contributed by atoms with Gasteiger partial charge in [0.05, 0.1) is 43.7 Å². The first kappa shape index (κ1) is 66.7. The van der Waals surface area contributed by atoms with Crippen LogP contribution in [0.4, 0.5) is 5.69 Å². The van der Waals surface area contributed by atoms with Crippen LogP contribution in [-0.4, -0.2) is 230 Å². The normalized spacial score (nSPS) is 27.5. The molecule has 1 saturated carbocycles. The molecule has 4 aromatic rings. The van der Waals surface area contributed by atoms with Gasteiger partial charge >= 0.3 is 0 Å². The number of benzene rings is 4. The topological polar surface area (TPSA) is 369 Å². The molecule has 14 N–H and O–H groups in total. The molecule has 4 aromatic carbocycles. The summed E-state index contributed by atoms with van der Waals surface area (Å²) < 4.78 is 5.21. The highest BCUT2D eigenvalue weighted by molar-refractivity contribution is 6.00. The highest BCUT2D eigenvalue weighted by Gasteiger charge is 2.50. The number of β-amino-alcohol motifs (C(OH)–C–C–N with tert-alkyl or cyclic N) is 1. The van der Waals surface area contributed by atoms with Crippen LogP contribution in [0.5, 0.6) is 11.5 Å². The molecule has 0 radical (unpaired) electrons. The van der Waals surface area contributed by atoms with Crippen molar-refractivity contribution in [3.8, 4) is 33.8 Å². The average molecular weight is 1250 g/mol. The lowest BCUT2D eigenvalue weighted by atomic mass is 9.94. The number of hydrogen-bond acceptors (Lipinski definition) is 18. The number of nitrogens with one attached hydrogen (secondary N) is 5. The number of nitrogens with zero attached hydrogens (tertiary/aromatic N) is 4. The Hall–Kier alpha value is -7.75. The molecule has 9 rings (SSSR count). The SMILES string of the molecule is COc1cc(C[C@@H](O)[C@@H]2NC(=O)[C@@H]3C[C@@H](O)CN3C(=O)[C@H]([C@@H](C)O)NC(=O)[C@@H](NC(=O)c3ccc(-c4ccc(-c5ccc(N6CCN(C7CCCCC7)CC6)cc5)cc4)cc3)C[C@@H](O)CNC(=O)[C@@H]3[C@@H](O)[C@@H](C)CN3C(=O)[C@H]([C@H](O)CCN)NC2=O)ccc1O. The van der Waals surface area contributed by atoms with Crippen molar-refractivity contribution >= 4 is 47.0 Å². The zero-order valence-corrected chi connectivity index (χ0v) is 51.0. The number of rotatable bonds is 14. The van der Waals surface area contributed by atoms with Crippen LogP contribution < -0.4 is 42.0 Å². The summed E-state index contributed by atoms with van der Waals surface area (Å²) in [4.78, 5) is 108. The second kappa shape index (κ2) is 29.9. The summed E-state index contributed by atoms with van der Waals surface area (Å²) in [6.45, 7) is 5.25. The maximum absolute atomic E-state index is 14.7. The fourth-order valence-corrected chi connectivity index (χ4v) is 13.0. The summed E-state index contributed by atoms with van der Waals surface area (Å²) in [5.41, 5.74) is 11.1. The Morgan fingerprint density at radius 1 is 0.678 bits per heavy atom. The van der Waals surface area contributed by atoms with Gasteiger partial charge < -0.3 is 87.5 Å². The van der Waals surface area contributed by atoms with Crippen molar-refractivity contribution in [3.05, 3.63) is 102 Å². The molecular weight excluding hydrogens is 1160 g/mol. The summed E-state index contributed by atoms with van der Waals surface area (Å²) >= 11 is 0. The number of ether oxygens (including phenoxy) is 1. The van der Waals surface area contributed by atoms with E-state index < -0.39 is 152 Å². The van der Waals surface area contributed by atoms with Gasteiger partial charge in [0.25, 0.3) is 5.91 Å². The predicted molar refractivity (Wildman–Crippen MR) is 331 cm³/mol. The standard InChI is InChI=1S/C65H86N10O15/c1-36-34-75-57(58(36)82)63(87)67-33-46(77)31-48(68-59(83)43-16-14-41(15-17-43)39-10-12-40(13-11-39)42-18-20-45(21-19-42)73-27-25-72(26-28-73)44-7-5-4-6-8-44)60(84)69-54(37(2)76)64(88)74-35-47(78)32-49(74)61(85)70-55(62(86)71-56(65(75)89)51(80)23-24-66)52(81)29-38-9-22-50(79)53(30-38)90-3/h9-22,30,36-37,44,46-49,51-52,54-58,76-82H,4-8,23-29,31-35,66H2,1-3H3,(H,67,87)(H,68,83)(H,69,84)(H,70,85)(H,71,86)/t36-,37+,46+,47+,48-,49-,51+,52+,54-,55-,56-,57-,58-/m0/s1. The number of aromatic hydroxyl groups is 1. The van der Waals surface area contributed by atoms with Crippen LogP contribution in [0.2, 0.25) is 0 Å². The number of aliphatic hydroxyl groups excluding tert-OH is 6. The van der Waals surface area contributed by atoms with Crippen molar-refractivity contribution in [2.75, 3.05) is 64.4 Å². The van der Waals surface area contributed by atoms with Gasteiger partial charge in [-0.15, -0.1) is 0 Å². The number of phenols is 1. The summed E-state index contributed by atoms with van der Waals surface area (Å²) in [6.07, 6.45) is -5.02.